The first-order chi connectivity index (χ1) is 10.3. The molecule has 0 unspecified atom stereocenters. The Balaban J connectivity index is 1.95. The van der Waals surface area contributed by atoms with Gasteiger partial charge in [-0.25, -0.2) is 9.97 Å². The highest BCUT2D eigenvalue weighted by Gasteiger charge is 2.10. The van der Waals surface area contributed by atoms with Gasteiger partial charge in [-0.2, -0.15) is 5.10 Å². The molecule has 3 heterocycles. The van der Waals surface area contributed by atoms with Crippen molar-refractivity contribution in [2.24, 2.45) is 0 Å². The Bertz CT molecular complexity index is 758. The fraction of sp³-hybridized carbons (Fsp3) is 0.214. The first kappa shape index (κ1) is 13.8. The van der Waals surface area contributed by atoms with E-state index < -0.39 is 0 Å². The van der Waals surface area contributed by atoms with Gasteiger partial charge in [-0.3, -0.25) is 5.10 Å². The minimum atomic E-state index is 0.442. The zero-order chi connectivity index (χ0) is 14.7. The maximum absolute atomic E-state index is 5.96. The topological polar surface area (TPSA) is 75.7 Å². The van der Waals surface area contributed by atoms with Gasteiger partial charge in [-0.15, -0.1) is 0 Å². The van der Waals surface area contributed by atoms with E-state index in [1.54, 1.807) is 25.6 Å². The number of hydrogen-bond acceptors (Lipinski definition) is 5. The van der Waals surface area contributed by atoms with E-state index in [0.29, 0.717) is 18.3 Å². The van der Waals surface area contributed by atoms with Crippen molar-refractivity contribution < 1.29 is 4.74 Å². The van der Waals surface area contributed by atoms with Crippen molar-refractivity contribution in [2.45, 2.75) is 0 Å². The van der Waals surface area contributed by atoms with E-state index in [2.05, 4.69) is 25.5 Å². The second kappa shape index (κ2) is 6.07. The Morgan fingerprint density at radius 2 is 2.24 bits per heavy atom. The van der Waals surface area contributed by atoms with E-state index in [0.717, 1.165) is 28.0 Å². The van der Waals surface area contributed by atoms with Crippen LogP contribution < -0.4 is 5.32 Å². The van der Waals surface area contributed by atoms with E-state index in [1.807, 2.05) is 12.1 Å². The fourth-order valence-corrected chi connectivity index (χ4v) is 2.22. The van der Waals surface area contributed by atoms with Crippen LogP contribution in [0, 0.1) is 0 Å². The van der Waals surface area contributed by atoms with Crippen molar-refractivity contribution in [3.05, 3.63) is 35.7 Å². The summed E-state index contributed by atoms with van der Waals surface area (Å²) in [6, 6.07) is 5.65. The summed E-state index contributed by atoms with van der Waals surface area (Å²) in [4.78, 5) is 8.31. The number of nitrogens with one attached hydrogen (secondary N) is 2. The van der Waals surface area contributed by atoms with Crippen LogP contribution in [-0.2, 0) is 4.74 Å². The number of ether oxygens (including phenoxy) is 1. The molecule has 0 aliphatic rings. The van der Waals surface area contributed by atoms with E-state index in [-0.39, 0.29) is 0 Å². The van der Waals surface area contributed by atoms with Crippen molar-refractivity contribution in [1.29, 1.82) is 0 Å². The van der Waals surface area contributed by atoms with Gasteiger partial charge >= 0.3 is 0 Å². The van der Waals surface area contributed by atoms with Gasteiger partial charge in [0.2, 0.25) is 0 Å². The van der Waals surface area contributed by atoms with Crippen LogP contribution in [0.25, 0.3) is 22.2 Å². The number of hydrogen-bond donors (Lipinski definition) is 2. The van der Waals surface area contributed by atoms with Crippen LogP contribution in [0.5, 0.6) is 0 Å². The third-order valence-corrected chi connectivity index (χ3v) is 3.27. The van der Waals surface area contributed by atoms with Crippen molar-refractivity contribution in [1.82, 2.24) is 20.2 Å². The summed E-state index contributed by atoms with van der Waals surface area (Å²) in [7, 11) is 1.67. The van der Waals surface area contributed by atoms with Crippen molar-refractivity contribution in [2.75, 3.05) is 25.6 Å². The van der Waals surface area contributed by atoms with Gasteiger partial charge in [0.1, 0.15) is 16.7 Å². The molecule has 3 rings (SSSR count). The van der Waals surface area contributed by atoms with Crippen LogP contribution in [0.2, 0.25) is 5.15 Å². The molecule has 108 valence electrons. The lowest BCUT2D eigenvalue weighted by Gasteiger charge is -2.06. The molecule has 0 radical (unpaired) electrons. The summed E-state index contributed by atoms with van der Waals surface area (Å²) < 4.78 is 5.01. The largest absolute Gasteiger partial charge is 0.383 e. The molecule has 0 saturated carbocycles. The van der Waals surface area contributed by atoms with E-state index in [4.69, 9.17) is 16.3 Å². The molecule has 6 nitrogen and oxygen atoms in total. The number of anilines is 1. The third-order valence-electron chi connectivity index (χ3n) is 3.06. The molecule has 0 saturated heterocycles. The Morgan fingerprint density at radius 1 is 1.33 bits per heavy atom. The fourth-order valence-electron chi connectivity index (χ4n) is 2.07. The summed E-state index contributed by atoms with van der Waals surface area (Å²) in [6.45, 7) is 1.32. The molecule has 0 aliphatic carbocycles. The number of halogens is 1. The monoisotopic (exact) mass is 303 g/mol. The second-order valence-electron chi connectivity index (χ2n) is 4.47. The first-order valence-electron chi connectivity index (χ1n) is 6.47. The Hall–Kier alpha value is -2.18. The van der Waals surface area contributed by atoms with Gasteiger partial charge in [0.15, 0.2) is 0 Å². The Kier molecular flexibility index (Phi) is 3.98. The smallest absolute Gasteiger partial charge is 0.129 e. The summed E-state index contributed by atoms with van der Waals surface area (Å²) in [5, 5.41) is 11.9. The molecular formula is C14H14ClN5O. The predicted octanol–water partition coefficient (Wildman–Crippen LogP) is 2.73. The average molecular weight is 304 g/mol. The minimum absolute atomic E-state index is 0.442. The van der Waals surface area contributed by atoms with Crippen LogP contribution in [0.3, 0.4) is 0 Å². The lowest BCUT2D eigenvalue weighted by molar-refractivity contribution is 0.210. The number of aromatic amines is 1. The molecule has 3 aromatic rings. The molecule has 7 heteroatoms. The molecule has 0 fully saturated rings. The molecule has 0 atom stereocenters. The van der Waals surface area contributed by atoms with Crippen molar-refractivity contribution in [3.8, 4) is 11.3 Å². The standard InChI is InChI=1S/C14H14ClN5O/c1-21-5-4-17-13-6-9(2-3-16-13)14-10-7-12(15)18-8-11(10)19-20-14/h2-3,6-8H,4-5H2,1H3,(H,16,17)(H,19,20). The maximum Gasteiger partial charge on any atom is 0.129 e. The van der Waals surface area contributed by atoms with Crippen molar-refractivity contribution in [3.63, 3.8) is 0 Å². The van der Waals surface area contributed by atoms with E-state index >= 15 is 0 Å². The zero-order valence-corrected chi connectivity index (χ0v) is 12.2. The average Bonchev–Trinajstić information content (AvgIpc) is 2.91. The highest BCUT2D eigenvalue weighted by molar-refractivity contribution is 6.30. The minimum Gasteiger partial charge on any atom is -0.383 e. The molecule has 3 aromatic heterocycles. The van der Waals surface area contributed by atoms with Crippen LogP contribution in [-0.4, -0.2) is 40.4 Å². The van der Waals surface area contributed by atoms with Crippen LogP contribution in [0.4, 0.5) is 5.82 Å². The van der Waals surface area contributed by atoms with E-state index in [1.165, 1.54) is 0 Å². The predicted molar refractivity (Wildman–Crippen MR) is 82.5 cm³/mol. The zero-order valence-electron chi connectivity index (χ0n) is 11.4. The molecule has 0 aliphatic heterocycles. The Morgan fingerprint density at radius 3 is 3.10 bits per heavy atom. The number of aromatic nitrogens is 4. The number of fused-ring (bicyclic) bond motifs is 1. The molecule has 2 N–H and O–H groups in total. The SMILES string of the molecule is COCCNc1cc(-c2n[nH]c3cnc(Cl)cc23)ccn1. The number of nitrogens with zero attached hydrogens (tertiary/aromatic N) is 3. The highest BCUT2D eigenvalue weighted by Crippen LogP contribution is 2.28. The molecule has 0 amide bonds. The van der Waals surface area contributed by atoms with Gasteiger partial charge in [0, 0.05) is 30.8 Å². The van der Waals surface area contributed by atoms with Crippen LogP contribution in [0.15, 0.2) is 30.6 Å². The second-order valence-corrected chi connectivity index (χ2v) is 4.86. The van der Waals surface area contributed by atoms with Gasteiger partial charge < -0.3 is 10.1 Å². The van der Waals surface area contributed by atoms with E-state index in [9.17, 15) is 0 Å². The summed E-state index contributed by atoms with van der Waals surface area (Å²) >= 11 is 5.96. The molecule has 21 heavy (non-hydrogen) atoms. The number of rotatable bonds is 5. The number of H-pyrrole nitrogens is 1. The van der Waals surface area contributed by atoms with Gasteiger partial charge in [-0.05, 0) is 18.2 Å². The lowest BCUT2D eigenvalue weighted by Crippen LogP contribution is -2.08. The summed E-state index contributed by atoms with van der Waals surface area (Å²) in [6.07, 6.45) is 3.42. The Labute approximate surface area is 126 Å². The normalized spacial score (nSPS) is 11.0. The highest BCUT2D eigenvalue weighted by atomic mass is 35.5. The number of methoxy groups -OCH3 is 1. The van der Waals surface area contributed by atoms with Gasteiger partial charge in [0.25, 0.3) is 0 Å². The van der Waals surface area contributed by atoms with Crippen LogP contribution in [0.1, 0.15) is 0 Å². The van der Waals surface area contributed by atoms with Crippen molar-refractivity contribution >= 4 is 28.3 Å². The molecular weight excluding hydrogens is 290 g/mol. The third kappa shape index (κ3) is 2.96. The molecule has 0 bridgehead atoms. The first-order valence-corrected chi connectivity index (χ1v) is 6.84. The lowest BCUT2D eigenvalue weighted by atomic mass is 10.1. The van der Waals surface area contributed by atoms with Gasteiger partial charge in [-0.1, -0.05) is 11.6 Å². The maximum atomic E-state index is 5.96. The quantitative estimate of drug-likeness (QED) is 0.560. The number of pyridine rings is 2. The molecule has 0 spiro atoms. The van der Waals surface area contributed by atoms with Crippen LogP contribution >= 0.6 is 11.6 Å². The molecule has 0 aromatic carbocycles. The van der Waals surface area contributed by atoms with Gasteiger partial charge in [0.05, 0.1) is 18.3 Å². The summed E-state index contributed by atoms with van der Waals surface area (Å²) in [5.41, 5.74) is 2.63. The summed E-state index contributed by atoms with van der Waals surface area (Å²) in [5.74, 6) is 0.779.